The number of para-hydroxylation sites is 1. The van der Waals surface area contributed by atoms with Gasteiger partial charge in [0.15, 0.2) is 5.82 Å². The Kier molecular flexibility index (Phi) is 5.52. The van der Waals surface area contributed by atoms with Crippen LogP contribution in [0.4, 0.5) is 4.39 Å². The number of rotatable bonds is 7. The number of aryl methyl sites for hydroxylation is 2. The number of hydrogen-bond acceptors (Lipinski definition) is 7. The van der Waals surface area contributed by atoms with Crippen molar-refractivity contribution in [1.82, 2.24) is 25.0 Å². The normalized spacial score (nSPS) is 11.1. The molecule has 3 aromatic rings. The number of nitrogens with zero attached hydrogens (tertiary/aromatic N) is 5. The molecule has 3 rings (SSSR count). The van der Waals surface area contributed by atoms with E-state index in [0.29, 0.717) is 34.2 Å². The zero-order valence-corrected chi connectivity index (χ0v) is 14.9. The Morgan fingerprint density at radius 3 is 2.79 bits per heavy atom. The summed E-state index contributed by atoms with van der Waals surface area (Å²) in [6.07, 6.45) is 2.77. The standard InChI is InChI=1S/C15H16FN5OS2/c1-10-18-19-15(22-10)24-9-14-17-13(7-8-23-2)20-21(14)12-6-4-3-5-11(12)16/h3-6H,7-9H2,1-2H3. The predicted octanol–water partition coefficient (Wildman–Crippen LogP) is 3.30. The van der Waals surface area contributed by atoms with Gasteiger partial charge in [0.2, 0.25) is 5.89 Å². The summed E-state index contributed by atoms with van der Waals surface area (Å²) >= 11 is 3.08. The molecule has 9 heteroatoms. The summed E-state index contributed by atoms with van der Waals surface area (Å²) in [5.41, 5.74) is 0.387. The van der Waals surface area contributed by atoms with E-state index in [1.54, 1.807) is 41.6 Å². The second-order valence-electron chi connectivity index (χ2n) is 4.93. The molecular weight excluding hydrogens is 349 g/mol. The zero-order valence-electron chi connectivity index (χ0n) is 13.3. The Morgan fingerprint density at radius 2 is 2.08 bits per heavy atom. The van der Waals surface area contributed by atoms with Crippen molar-refractivity contribution in [2.45, 2.75) is 24.3 Å². The van der Waals surface area contributed by atoms with Gasteiger partial charge in [-0.3, -0.25) is 0 Å². The van der Waals surface area contributed by atoms with Crippen LogP contribution in [0.15, 0.2) is 33.9 Å². The van der Waals surface area contributed by atoms with E-state index in [1.807, 2.05) is 6.26 Å². The molecule has 126 valence electrons. The number of aromatic nitrogens is 5. The number of benzene rings is 1. The second-order valence-corrected chi connectivity index (χ2v) is 6.84. The van der Waals surface area contributed by atoms with E-state index in [9.17, 15) is 4.39 Å². The SMILES string of the molecule is CSCCc1nc(CSc2nnc(C)o2)n(-c2ccccc2F)n1. The van der Waals surface area contributed by atoms with Crippen LogP contribution in [0.1, 0.15) is 17.5 Å². The molecule has 0 amide bonds. The molecule has 0 aliphatic rings. The molecular formula is C15H16FN5OS2. The van der Waals surface area contributed by atoms with E-state index >= 15 is 0 Å². The van der Waals surface area contributed by atoms with E-state index in [1.165, 1.54) is 17.8 Å². The lowest BCUT2D eigenvalue weighted by molar-refractivity contribution is 0.429. The van der Waals surface area contributed by atoms with Gasteiger partial charge in [0.25, 0.3) is 5.22 Å². The van der Waals surface area contributed by atoms with Crippen LogP contribution in [-0.4, -0.2) is 37.0 Å². The van der Waals surface area contributed by atoms with Crippen LogP contribution in [0.5, 0.6) is 0 Å². The molecule has 0 aliphatic heterocycles. The molecule has 0 atom stereocenters. The number of thioether (sulfide) groups is 2. The molecule has 0 aliphatic carbocycles. The van der Waals surface area contributed by atoms with Crippen molar-refractivity contribution in [3.8, 4) is 5.69 Å². The Hall–Kier alpha value is -1.87. The van der Waals surface area contributed by atoms with Gasteiger partial charge in [-0.05, 0) is 18.4 Å². The molecule has 0 unspecified atom stereocenters. The minimum atomic E-state index is -0.335. The molecule has 0 radical (unpaired) electrons. The molecule has 6 nitrogen and oxygen atoms in total. The molecule has 2 heterocycles. The quantitative estimate of drug-likeness (QED) is 0.595. The van der Waals surface area contributed by atoms with Crippen LogP contribution in [-0.2, 0) is 12.2 Å². The molecule has 0 saturated carbocycles. The van der Waals surface area contributed by atoms with Gasteiger partial charge in [-0.15, -0.1) is 10.2 Å². The van der Waals surface area contributed by atoms with Crippen molar-refractivity contribution in [3.63, 3.8) is 0 Å². The van der Waals surface area contributed by atoms with Crippen molar-refractivity contribution in [1.29, 1.82) is 0 Å². The first-order valence-corrected chi connectivity index (χ1v) is 9.67. The topological polar surface area (TPSA) is 69.6 Å². The third kappa shape index (κ3) is 3.96. The fourth-order valence-electron chi connectivity index (χ4n) is 2.06. The van der Waals surface area contributed by atoms with Gasteiger partial charge in [-0.1, -0.05) is 23.9 Å². The summed E-state index contributed by atoms with van der Waals surface area (Å²) in [7, 11) is 0. The highest BCUT2D eigenvalue weighted by Crippen LogP contribution is 2.23. The summed E-state index contributed by atoms with van der Waals surface area (Å²) < 4.78 is 21.1. The molecule has 0 saturated heterocycles. The van der Waals surface area contributed by atoms with E-state index < -0.39 is 0 Å². The maximum Gasteiger partial charge on any atom is 0.277 e. The fraction of sp³-hybridized carbons (Fsp3) is 0.333. The van der Waals surface area contributed by atoms with E-state index in [4.69, 9.17) is 4.42 Å². The lowest BCUT2D eigenvalue weighted by Gasteiger charge is -2.05. The Balaban J connectivity index is 1.87. The largest absolute Gasteiger partial charge is 0.416 e. The third-order valence-corrected chi connectivity index (χ3v) is 4.59. The van der Waals surface area contributed by atoms with Crippen molar-refractivity contribution in [3.05, 3.63) is 47.6 Å². The van der Waals surface area contributed by atoms with Crippen molar-refractivity contribution >= 4 is 23.5 Å². The van der Waals surface area contributed by atoms with Gasteiger partial charge in [0.1, 0.15) is 17.3 Å². The minimum Gasteiger partial charge on any atom is -0.416 e. The molecule has 0 spiro atoms. The van der Waals surface area contributed by atoms with Crippen molar-refractivity contribution in [2.75, 3.05) is 12.0 Å². The summed E-state index contributed by atoms with van der Waals surface area (Å²) in [5.74, 6) is 2.90. The first kappa shape index (κ1) is 17.0. The first-order chi connectivity index (χ1) is 11.7. The average molecular weight is 365 g/mol. The average Bonchev–Trinajstić information content (AvgIpc) is 3.17. The van der Waals surface area contributed by atoms with Gasteiger partial charge in [-0.25, -0.2) is 14.1 Å². The lowest BCUT2D eigenvalue weighted by atomic mass is 10.3. The first-order valence-electron chi connectivity index (χ1n) is 7.29. The van der Waals surface area contributed by atoms with Crippen LogP contribution in [0.2, 0.25) is 0 Å². The van der Waals surface area contributed by atoms with Gasteiger partial charge < -0.3 is 4.42 Å². The summed E-state index contributed by atoms with van der Waals surface area (Å²) in [5, 5.41) is 12.7. The predicted molar refractivity (Wildman–Crippen MR) is 92.0 cm³/mol. The smallest absolute Gasteiger partial charge is 0.277 e. The van der Waals surface area contributed by atoms with Gasteiger partial charge in [0, 0.05) is 19.1 Å². The molecule has 0 N–H and O–H groups in total. The number of hydrogen-bond donors (Lipinski definition) is 0. The Morgan fingerprint density at radius 1 is 1.25 bits per heavy atom. The second kappa shape index (κ2) is 7.80. The molecule has 2 aromatic heterocycles. The van der Waals surface area contributed by atoms with Gasteiger partial charge in [0.05, 0.1) is 5.75 Å². The van der Waals surface area contributed by atoms with Crippen molar-refractivity contribution in [2.24, 2.45) is 0 Å². The fourth-order valence-corrected chi connectivity index (χ4v) is 3.17. The molecule has 0 fully saturated rings. The maximum atomic E-state index is 14.1. The third-order valence-electron chi connectivity index (χ3n) is 3.16. The summed E-state index contributed by atoms with van der Waals surface area (Å²) in [4.78, 5) is 4.55. The monoisotopic (exact) mass is 365 g/mol. The van der Waals surface area contributed by atoms with E-state index in [2.05, 4.69) is 20.3 Å². The van der Waals surface area contributed by atoms with Crippen LogP contribution in [0.25, 0.3) is 5.69 Å². The van der Waals surface area contributed by atoms with Crippen molar-refractivity contribution < 1.29 is 8.81 Å². The highest BCUT2D eigenvalue weighted by atomic mass is 32.2. The molecule has 0 bridgehead atoms. The minimum absolute atomic E-state index is 0.335. The number of halogens is 1. The van der Waals surface area contributed by atoms with Crippen LogP contribution in [0.3, 0.4) is 0 Å². The highest BCUT2D eigenvalue weighted by Gasteiger charge is 2.16. The van der Waals surface area contributed by atoms with E-state index in [-0.39, 0.29) is 5.82 Å². The molecule has 1 aromatic carbocycles. The molecule has 24 heavy (non-hydrogen) atoms. The van der Waals surface area contributed by atoms with E-state index in [0.717, 1.165) is 12.2 Å². The van der Waals surface area contributed by atoms with Gasteiger partial charge in [-0.2, -0.15) is 16.9 Å². The zero-order chi connectivity index (χ0) is 16.9. The Bertz CT molecular complexity index is 820. The highest BCUT2D eigenvalue weighted by molar-refractivity contribution is 7.98. The lowest BCUT2D eigenvalue weighted by Crippen LogP contribution is -2.04. The summed E-state index contributed by atoms with van der Waals surface area (Å²) in [6, 6.07) is 6.53. The Labute approximate surface area is 147 Å². The van der Waals surface area contributed by atoms with Crippen LogP contribution < -0.4 is 0 Å². The van der Waals surface area contributed by atoms with Crippen LogP contribution in [0, 0.1) is 12.7 Å². The maximum absolute atomic E-state index is 14.1. The summed E-state index contributed by atoms with van der Waals surface area (Å²) in [6.45, 7) is 1.74. The van der Waals surface area contributed by atoms with Gasteiger partial charge >= 0.3 is 0 Å². The van der Waals surface area contributed by atoms with Crippen LogP contribution >= 0.6 is 23.5 Å².